The average Bonchev–Trinajstić information content (AvgIpc) is 2.66. The minimum atomic E-state index is -0.208. The number of benzene rings is 3. The Morgan fingerprint density at radius 1 is 0.880 bits per heavy atom. The fraction of sp³-hybridized carbons (Fsp3) is 0.0952. The van der Waals surface area contributed by atoms with Gasteiger partial charge in [-0.1, -0.05) is 43.0 Å². The lowest BCUT2D eigenvalue weighted by Crippen LogP contribution is -2.11. The van der Waals surface area contributed by atoms with Gasteiger partial charge in [0, 0.05) is 6.42 Å². The van der Waals surface area contributed by atoms with Gasteiger partial charge >= 0.3 is 5.97 Å². The van der Waals surface area contributed by atoms with E-state index in [4.69, 9.17) is 4.74 Å². The molecule has 0 saturated carbocycles. The molecular weight excluding hydrogens is 348 g/mol. The molecule has 0 unspecified atom stereocenters. The molecule has 4 heteroatoms. The van der Waals surface area contributed by atoms with Crippen LogP contribution in [0.3, 0.4) is 0 Å². The van der Waals surface area contributed by atoms with E-state index < -0.39 is 0 Å². The summed E-state index contributed by atoms with van der Waals surface area (Å²) in [6.07, 6.45) is 0.379. The lowest BCUT2D eigenvalue weighted by Gasteiger charge is -2.18. The van der Waals surface area contributed by atoms with Crippen molar-refractivity contribution in [3.8, 4) is 5.75 Å². The zero-order chi connectivity index (χ0) is 17.2. The van der Waals surface area contributed by atoms with E-state index in [0.29, 0.717) is 12.2 Å². The molecule has 0 aliphatic carbocycles. The standard InChI is InChI=1S/C21H17O2S2/c1-2-21(22)23-15-11-13-16(14-12-15)25-19-9-5-3-7-17(19)24-18-8-4-6-10-20(18)25/h3-14H,2H2,1H3/q+1. The average molecular weight is 365 g/mol. The molecule has 124 valence electrons. The summed E-state index contributed by atoms with van der Waals surface area (Å²) in [5.74, 6) is 0.395. The summed E-state index contributed by atoms with van der Waals surface area (Å²) >= 11 is 1.83. The van der Waals surface area contributed by atoms with Crippen molar-refractivity contribution >= 4 is 28.6 Å². The van der Waals surface area contributed by atoms with E-state index in [0.717, 1.165) is 0 Å². The summed E-state index contributed by atoms with van der Waals surface area (Å²) in [6.45, 7) is 1.80. The second kappa shape index (κ2) is 6.98. The molecule has 0 N–H and O–H groups in total. The fourth-order valence-corrected chi connectivity index (χ4v) is 6.48. The molecule has 0 aromatic heterocycles. The van der Waals surface area contributed by atoms with Crippen LogP contribution in [0.5, 0.6) is 5.75 Å². The van der Waals surface area contributed by atoms with Crippen molar-refractivity contribution in [3.05, 3.63) is 72.8 Å². The molecule has 3 aromatic rings. The number of rotatable bonds is 3. The monoisotopic (exact) mass is 365 g/mol. The Morgan fingerprint density at radius 3 is 2.00 bits per heavy atom. The summed E-state index contributed by atoms with van der Waals surface area (Å²) in [5.41, 5.74) is 0. The first-order chi connectivity index (χ1) is 12.3. The van der Waals surface area contributed by atoms with Gasteiger partial charge < -0.3 is 4.74 Å². The first-order valence-electron chi connectivity index (χ1n) is 8.17. The highest BCUT2D eigenvalue weighted by Crippen LogP contribution is 2.48. The van der Waals surface area contributed by atoms with Gasteiger partial charge in [0.1, 0.15) is 16.6 Å². The van der Waals surface area contributed by atoms with Gasteiger partial charge in [-0.3, -0.25) is 4.79 Å². The Hall–Kier alpha value is -2.17. The van der Waals surface area contributed by atoms with E-state index in [1.807, 2.05) is 23.9 Å². The van der Waals surface area contributed by atoms with Crippen LogP contribution in [0.2, 0.25) is 0 Å². The van der Waals surface area contributed by atoms with Crippen LogP contribution >= 0.6 is 11.8 Å². The van der Waals surface area contributed by atoms with Crippen molar-refractivity contribution in [2.75, 3.05) is 0 Å². The Bertz CT molecular complexity index is 874. The van der Waals surface area contributed by atoms with Gasteiger partial charge in [0.25, 0.3) is 0 Å². The molecule has 4 rings (SSSR count). The largest absolute Gasteiger partial charge is 0.427 e. The Kier molecular flexibility index (Phi) is 4.55. The van der Waals surface area contributed by atoms with Crippen LogP contribution in [0, 0.1) is 0 Å². The topological polar surface area (TPSA) is 26.3 Å². The van der Waals surface area contributed by atoms with E-state index in [2.05, 4.69) is 60.7 Å². The maximum absolute atomic E-state index is 11.5. The molecular formula is C21H17O2S2+. The van der Waals surface area contributed by atoms with Crippen molar-refractivity contribution in [2.24, 2.45) is 0 Å². The first kappa shape index (κ1) is 16.3. The molecule has 1 aliphatic rings. The zero-order valence-electron chi connectivity index (χ0n) is 13.8. The van der Waals surface area contributed by atoms with Crippen LogP contribution < -0.4 is 4.74 Å². The third kappa shape index (κ3) is 3.20. The lowest BCUT2D eigenvalue weighted by molar-refractivity contribution is -0.134. The maximum atomic E-state index is 11.5. The highest BCUT2D eigenvalue weighted by atomic mass is 32.2. The molecule has 0 atom stereocenters. The summed E-state index contributed by atoms with van der Waals surface area (Å²) in [4.78, 5) is 18.0. The molecule has 1 aliphatic heterocycles. The van der Waals surface area contributed by atoms with Gasteiger partial charge in [0.2, 0.25) is 0 Å². The number of hydrogen-bond acceptors (Lipinski definition) is 3. The molecule has 0 amide bonds. The number of carbonyl (C=O) groups excluding carboxylic acids is 1. The molecule has 25 heavy (non-hydrogen) atoms. The number of hydrogen-bond donors (Lipinski definition) is 0. The summed E-state index contributed by atoms with van der Waals surface area (Å²) < 4.78 is 5.30. The highest BCUT2D eigenvalue weighted by molar-refractivity contribution is 8.04. The van der Waals surface area contributed by atoms with Crippen molar-refractivity contribution in [2.45, 2.75) is 37.8 Å². The molecule has 3 aromatic carbocycles. The second-order valence-electron chi connectivity index (χ2n) is 5.60. The quantitative estimate of drug-likeness (QED) is 0.270. The van der Waals surface area contributed by atoms with E-state index in [-0.39, 0.29) is 16.9 Å². The van der Waals surface area contributed by atoms with Gasteiger partial charge in [-0.2, -0.15) is 0 Å². The van der Waals surface area contributed by atoms with Crippen LogP contribution in [-0.4, -0.2) is 5.97 Å². The molecule has 0 radical (unpaired) electrons. The van der Waals surface area contributed by atoms with Crippen molar-refractivity contribution in [1.29, 1.82) is 0 Å². The molecule has 0 saturated heterocycles. The molecule has 1 heterocycles. The summed E-state index contributed by atoms with van der Waals surface area (Å²) in [7, 11) is -0.142. The predicted molar refractivity (Wildman–Crippen MR) is 102 cm³/mol. The zero-order valence-corrected chi connectivity index (χ0v) is 15.4. The number of fused-ring (bicyclic) bond motifs is 2. The first-order valence-corrected chi connectivity index (χ1v) is 10.2. The molecule has 0 spiro atoms. The van der Waals surface area contributed by atoms with E-state index in [1.165, 1.54) is 24.5 Å². The van der Waals surface area contributed by atoms with Crippen molar-refractivity contribution in [1.82, 2.24) is 0 Å². The maximum Gasteiger partial charge on any atom is 0.310 e. The predicted octanol–water partition coefficient (Wildman–Crippen LogP) is 5.56. The minimum absolute atomic E-state index is 0.142. The van der Waals surface area contributed by atoms with Gasteiger partial charge in [-0.15, -0.1) is 0 Å². The van der Waals surface area contributed by atoms with Gasteiger partial charge in [-0.25, -0.2) is 0 Å². The smallest absolute Gasteiger partial charge is 0.310 e. The Balaban J connectivity index is 1.76. The highest BCUT2D eigenvalue weighted by Gasteiger charge is 2.37. The number of ether oxygens (including phenoxy) is 1. The number of esters is 1. The second-order valence-corrected chi connectivity index (χ2v) is 8.65. The van der Waals surface area contributed by atoms with E-state index >= 15 is 0 Å². The van der Waals surface area contributed by atoms with Crippen LogP contribution in [0.15, 0.2) is 97.3 Å². The van der Waals surface area contributed by atoms with E-state index in [1.54, 1.807) is 6.92 Å². The molecule has 2 nitrogen and oxygen atoms in total. The lowest BCUT2D eigenvalue weighted by atomic mass is 10.3. The van der Waals surface area contributed by atoms with Crippen molar-refractivity contribution in [3.63, 3.8) is 0 Å². The van der Waals surface area contributed by atoms with Crippen LogP contribution in [0.4, 0.5) is 0 Å². The SMILES string of the molecule is CCC(=O)Oc1ccc([S+]2c3ccccc3Sc3ccccc32)cc1. The van der Waals surface area contributed by atoms with Crippen LogP contribution in [0.1, 0.15) is 13.3 Å². The molecule has 0 fully saturated rings. The van der Waals surface area contributed by atoms with Crippen LogP contribution in [0.25, 0.3) is 0 Å². The van der Waals surface area contributed by atoms with E-state index in [9.17, 15) is 4.79 Å². The van der Waals surface area contributed by atoms with Gasteiger partial charge in [0.05, 0.1) is 9.79 Å². The fourth-order valence-electron chi connectivity index (χ4n) is 2.74. The third-order valence-corrected chi connectivity index (χ3v) is 7.68. The Morgan fingerprint density at radius 2 is 1.44 bits per heavy atom. The summed E-state index contributed by atoms with van der Waals surface area (Å²) in [6, 6.07) is 25.1. The normalized spacial score (nSPS) is 13.0. The molecule has 0 bridgehead atoms. The van der Waals surface area contributed by atoms with Crippen LogP contribution in [-0.2, 0) is 15.7 Å². The van der Waals surface area contributed by atoms with Gasteiger partial charge in [0.15, 0.2) is 14.7 Å². The van der Waals surface area contributed by atoms with Crippen molar-refractivity contribution < 1.29 is 9.53 Å². The number of carbonyl (C=O) groups is 1. The van der Waals surface area contributed by atoms with Gasteiger partial charge in [-0.05, 0) is 48.5 Å². The third-order valence-electron chi connectivity index (χ3n) is 3.94. The summed E-state index contributed by atoms with van der Waals surface area (Å²) in [5, 5.41) is 0. The minimum Gasteiger partial charge on any atom is -0.427 e. The Labute approximate surface area is 154 Å².